The van der Waals surface area contributed by atoms with Gasteiger partial charge in [0, 0.05) is 36.9 Å². The number of anilines is 1. The van der Waals surface area contributed by atoms with Gasteiger partial charge in [-0.1, -0.05) is 12.1 Å². The molecule has 0 bridgehead atoms. The molecule has 1 saturated heterocycles. The van der Waals surface area contributed by atoms with E-state index in [0.717, 1.165) is 5.75 Å². The molecule has 21 heavy (non-hydrogen) atoms. The van der Waals surface area contributed by atoms with Crippen molar-refractivity contribution >= 4 is 33.0 Å². The van der Waals surface area contributed by atoms with Crippen LogP contribution in [0.5, 0.6) is 0 Å². The van der Waals surface area contributed by atoms with E-state index in [1.807, 2.05) is 4.90 Å². The van der Waals surface area contributed by atoms with Crippen LogP contribution in [0.15, 0.2) is 18.2 Å². The van der Waals surface area contributed by atoms with Crippen molar-refractivity contribution in [2.75, 3.05) is 30.0 Å². The molecule has 0 radical (unpaired) electrons. The molecule has 0 spiro atoms. The highest BCUT2D eigenvalue weighted by Crippen LogP contribution is 2.28. The molecule has 0 saturated carbocycles. The third-order valence-corrected chi connectivity index (χ3v) is 6.12. The number of nitro groups is 1. The number of nitrogens with zero attached hydrogens (tertiary/aromatic N) is 2. The average Bonchev–Trinajstić information content (AvgIpc) is 2.40. The lowest BCUT2D eigenvalue weighted by molar-refractivity contribution is -0.384. The fourth-order valence-electron chi connectivity index (χ4n) is 2.31. The van der Waals surface area contributed by atoms with Crippen LogP contribution in [-0.2, 0) is 16.4 Å². The van der Waals surface area contributed by atoms with Gasteiger partial charge < -0.3 is 5.73 Å². The molecule has 1 heterocycles. The Kier molecular flexibility index (Phi) is 4.74. The van der Waals surface area contributed by atoms with Crippen LogP contribution in [0.25, 0.3) is 0 Å². The number of benzene rings is 1. The molecule has 1 aromatic rings. The van der Waals surface area contributed by atoms with Gasteiger partial charge in [0.2, 0.25) is 0 Å². The van der Waals surface area contributed by atoms with Crippen molar-refractivity contribution in [3.8, 4) is 0 Å². The zero-order chi connectivity index (χ0) is 15.6. The number of hydrogen-bond acceptors (Lipinski definition) is 7. The molecule has 9 heteroatoms. The molecule has 2 rings (SSSR count). The molecule has 7 nitrogen and oxygen atoms in total. The van der Waals surface area contributed by atoms with E-state index in [4.69, 9.17) is 5.73 Å². The van der Waals surface area contributed by atoms with Gasteiger partial charge >= 0.3 is 0 Å². The lowest BCUT2D eigenvalue weighted by Crippen LogP contribution is -2.46. The van der Waals surface area contributed by atoms with Crippen LogP contribution in [0.4, 0.5) is 11.4 Å². The van der Waals surface area contributed by atoms with Crippen LogP contribution >= 0.6 is 11.8 Å². The number of nitrogens with two attached hydrogens (primary N) is 1. The largest absolute Gasteiger partial charge is 0.393 e. The number of thioether (sulfide) groups is 1. The first-order valence-electron chi connectivity index (χ1n) is 6.33. The quantitative estimate of drug-likeness (QED) is 0.500. The Hall–Kier alpha value is -1.32. The Morgan fingerprint density at radius 2 is 2.24 bits per heavy atom. The zero-order valence-electron chi connectivity index (χ0n) is 11.6. The second kappa shape index (κ2) is 6.20. The van der Waals surface area contributed by atoms with Gasteiger partial charge in [-0.05, 0) is 5.56 Å². The molecule has 2 N–H and O–H groups in total. The van der Waals surface area contributed by atoms with Gasteiger partial charge in [0.05, 0.1) is 4.92 Å². The topological polar surface area (TPSA) is 107 Å². The van der Waals surface area contributed by atoms with E-state index < -0.39 is 20.1 Å². The van der Waals surface area contributed by atoms with Crippen molar-refractivity contribution in [2.24, 2.45) is 0 Å². The summed E-state index contributed by atoms with van der Waals surface area (Å²) in [5.74, 6) is 1.34. The minimum Gasteiger partial charge on any atom is -0.393 e. The van der Waals surface area contributed by atoms with E-state index in [1.165, 1.54) is 12.3 Å². The second-order valence-electron chi connectivity index (χ2n) is 4.94. The van der Waals surface area contributed by atoms with Gasteiger partial charge in [-0.2, -0.15) is 11.8 Å². The lowest BCUT2D eigenvalue weighted by Gasteiger charge is -2.34. The standard InChI is InChI=1S/C12H17N3O4S2/c1-21(18,19)11-8-20-6-5-14(11)7-9-3-2-4-10(12(9)13)15(16)17/h2-4,11H,5-8,13H2,1H3. The fourth-order valence-corrected chi connectivity index (χ4v) is 5.25. The van der Waals surface area contributed by atoms with E-state index >= 15 is 0 Å². The Labute approximate surface area is 127 Å². The molecular formula is C12H17N3O4S2. The zero-order valence-corrected chi connectivity index (χ0v) is 13.2. The molecular weight excluding hydrogens is 314 g/mol. The van der Waals surface area contributed by atoms with Gasteiger partial charge in [-0.15, -0.1) is 0 Å². The molecule has 1 fully saturated rings. The molecule has 1 aliphatic heterocycles. The summed E-state index contributed by atoms with van der Waals surface area (Å²) in [6.07, 6.45) is 1.22. The highest BCUT2D eigenvalue weighted by Gasteiger charge is 2.31. The first-order chi connectivity index (χ1) is 9.80. The Morgan fingerprint density at radius 3 is 2.86 bits per heavy atom. The summed E-state index contributed by atoms with van der Waals surface area (Å²) in [7, 11) is -3.20. The predicted octanol–water partition coefficient (Wildman–Crippen LogP) is 1.10. The summed E-state index contributed by atoms with van der Waals surface area (Å²) in [5.41, 5.74) is 6.38. The second-order valence-corrected chi connectivity index (χ2v) is 8.29. The van der Waals surface area contributed by atoms with Crippen molar-refractivity contribution in [1.29, 1.82) is 0 Å². The molecule has 116 valence electrons. The average molecular weight is 331 g/mol. The predicted molar refractivity (Wildman–Crippen MR) is 83.9 cm³/mol. The molecule has 1 unspecified atom stereocenters. The number of nitrogen functional groups attached to an aromatic ring is 1. The van der Waals surface area contributed by atoms with Crippen molar-refractivity contribution in [3.05, 3.63) is 33.9 Å². The molecule has 1 aromatic carbocycles. The Morgan fingerprint density at radius 1 is 1.52 bits per heavy atom. The SMILES string of the molecule is CS(=O)(=O)C1CSCCN1Cc1cccc([N+](=O)[O-])c1N. The van der Waals surface area contributed by atoms with Crippen LogP contribution in [0.3, 0.4) is 0 Å². The maximum atomic E-state index is 11.9. The van der Waals surface area contributed by atoms with Crippen molar-refractivity contribution < 1.29 is 13.3 Å². The molecule has 0 amide bonds. The molecule has 1 atom stereocenters. The number of para-hydroxylation sites is 1. The van der Waals surface area contributed by atoms with Crippen LogP contribution in [0.1, 0.15) is 5.56 Å². The summed E-state index contributed by atoms with van der Waals surface area (Å²) < 4.78 is 23.7. The van der Waals surface area contributed by atoms with E-state index in [9.17, 15) is 18.5 Å². The van der Waals surface area contributed by atoms with E-state index in [-0.39, 0.29) is 11.4 Å². The van der Waals surface area contributed by atoms with E-state index in [1.54, 1.807) is 23.9 Å². The van der Waals surface area contributed by atoms with Gasteiger partial charge in [-0.3, -0.25) is 15.0 Å². The third-order valence-electron chi connectivity index (χ3n) is 3.43. The summed E-state index contributed by atoms with van der Waals surface area (Å²) in [5, 5.41) is 10.3. The first-order valence-corrected chi connectivity index (χ1v) is 9.44. The summed E-state index contributed by atoms with van der Waals surface area (Å²) in [6, 6.07) is 4.61. The number of rotatable bonds is 4. The van der Waals surface area contributed by atoms with Gasteiger partial charge in [-0.25, -0.2) is 8.42 Å². The van der Waals surface area contributed by atoms with Crippen LogP contribution in [0.2, 0.25) is 0 Å². The van der Waals surface area contributed by atoms with Crippen LogP contribution in [0, 0.1) is 10.1 Å². The van der Waals surface area contributed by atoms with Crippen LogP contribution in [-0.4, -0.2) is 47.9 Å². The van der Waals surface area contributed by atoms with E-state index in [0.29, 0.717) is 24.4 Å². The third kappa shape index (κ3) is 3.66. The molecule has 1 aliphatic rings. The highest BCUT2D eigenvalue weighted by molar-refractivity contribution is 8.00. The number of hydrogen-bond donors (Lipinski definition) is 1. The number of nitro benzene ring substituents is 1. The maximum absolute atomic E-state index is 11.9. The normalized spacial score (nSPS) is 20.3. The Bertz CT molecular complexity index is 648. The summed E-state index contributed by atoms with van der Waals surface area (Å²) >= 11 is 1.60. The first kappa shape index (κ1) is 16.1. The van der Waals surface area contributed by atoms with Crippen LogP contribution < -0.4 is 5.73 Å². The number of sulfone groups is 1. The van der Waals surface area contributed by atoms with Crippen molar-refractivity contribution in [1.82, 2.24) is 4.90 Å². The van der Waals surface area contributed by atoms with Crippen molar-refractivity contribution in [2.45, 2.75) is 11.9 Å². The molecule has 0 aliphatic carbocycles. The summed E-state index contributed by atoms with van der Waals surface area (Å²) in [6.45, 7) is 0.913. The highest BCUT2D eigenvalue weighted by atomic mass is 32.2. The minimum absolute atomic E-state index is 0.105. The fraction of sp³-hybridized carbons (Fsp3) is 0.500. The van der Waals surface area contributed by atoms with Gasteiger partial charge in [0.15, 0.2) is 9.84 Å². The minimum atomic E-state index is -3.20. The summed E-state index contributed by atoms with van der Waals surface area (Å²) in [4.78, 5) is 12.2. The van der Waals surface area contributed by atoms with Crippen molar-refractivity contribution in [3.63, 3.8) is 0 Å². The lowest BCUT2D eigenvalue weighted by atomic mass is 10.1. The smallest absolute Gasteiger partial charge is 0.292 e. The van der Waals surface area contributed by atoms with E-state index in [2.05, 4.69) is 0 Å². The maximum Gasteiger partial charge on any atom is 0.292 e. The molecule has 0 aromatic heterocycles. The Balaban J connectivity index is 2.28. The monoisotopic (exact) mass is 331 g/mol. The van der Waals surface area contributed by atoms with Gasteiger partial charge in [0.1, 0.15) is 11.1 Å². The van der Waals surface area contributed by atoms with Gasteiger partial charge in [0.25, 0.3) is 5.69 Å².